The molecule has 1 amide bonds. The van der Waals surface area contributed by atoms with Crippen molar-refractivity contribution in [2.75, 3.05) is 6.54 Å². The molecule has 3 rings (SSSR count). The summed E-state index contributed by atoms with van der Waals surface area (Å²) in [7, 11) is 0. The van der Waals surface area contributed by atoms with Crippen LogP contribution >= 0.6 is 11.3 Å². The first-order valence-corrected chi connectivity index (χ1v) is 8.24. The number of benzene rings is 1. The predicted molar refractivity (Wildman–Crippen MR) is 97.8 cm³/mol. The summed E-state index contributed by atoms with van der Waals surface area (Å²) in [6, 6.07) is 13.8. The first kappa shape index (κ1) is 15.8. The van der Waals surface area contributed by atoms with E-state index in [1.807, 2.05) is 58.7 Å². The Morgan fingerprint density at radius 1 is 1.29 bits per heavy atom. The van der Waals surface area contributed by atoms with E-state index < -0.39 is 0 Å². The molecule has 0 radical (unpaired) electrons. The Balaban J connectivity index is 1.95. The van der Waals surface area contributed by atoms with Crippen molar-refractivity contribution >= 4 is 23.3 Å². The van der Waals surface area contributed by atoms with Crippen LogP contribution in [-0.4, -0.2) is 22.2 Å². The van der Waals surface area contributed by atoms with E-state index in [2.05, 4.69) is 16.3 Å². The molecule has 5 heteroatoms. The molecule has 4 nitrogen and oxygen atoms in total. The Hall–Kier alpha value is -3.10. The van der Waals surface area contributed by atoms with Crippen molar-refractivity contribution in [1.82, 2.24) is 15.1 Å². The van der Waals surface area contributed by atoms with Gasteiger partial charge in [0.15, 0.2) is 0 Å². The van der Waals surface area contributed by atoms with Gasteiger partial charge in [-0.2, -0.15) is 5.10 Å². The number of para-hydroxylation sites is 1. The number of thiophene rings is 1. The Morgan fingerprint density at radius 3 is 2.83 bits per heavy atom. The maximum atomic E-state index is 11.7. The molecule has 3 aromatic rings. The van der Waals surface area contributed by atoms with Crippen molar-refractivity contribution in [1.29, 1.82) is 0 Å². The monoisotopic (exact) mass is 333 g/mol. The zero-order valence-electron chi connectivity index (χ0n) is 12.8. The predicted octanol–water partition coefficient (Wildman–Crippen LogP) is 3.36. The highest BCUT2D eigenvalue weighted by atomic mass is 32.1. The average Bonchev–Trinajstić information content (AvgIpc) is 3.28. The molecule has 24 heavy (non-hydrogen) atoms. The number of carbonyl (C=O) groups is 1. The van der Waals surface area contributed by atoms with Gasteiger partial charge in [-0.1, -0.05) is 30.2 Å². The smallest absolute Gasteiger partial charge is 0.244 e. The van der Waals surface area contributed by atoms with E-state index in [9.17, 15) is 4.79 Å². The van der Waals surface area contributed by atoms with Crippen molar-refractivity contribution < 1.29 is 4.79 Å². The van der Waals surface area contributed by atoms with Crippen LogP contribution in [0.5, 0.6) is 0 Å². The second-order valence-corrected chi connectivity index (χ2v) is 5.89. The quantitative estimate of drug-likeness (QED) is 0.575. The first-order valence-electron chi connectivity index (χ1n) is 7.36. The second kappa shape index (κ2) is 7.44. The molecule has 0 bridgehead atoms. The maximum Gasteiger partial charge on any atom is 0.244 e. The van der Waals surface area contributed by atoms with Gasteiger partial charge in [0.05, 0.1) is 17.1 Å². The lowest BCUT2D eigenvalue weighted by molar-refractivity contribution is -0.116. The minimum absolute atomic E-state index is 0.213. The first-order chi connectivity index (χ1) is 11.8. The van der Waals surface area contributed by atoms with Crippen LogP contribution in [0.15, 0.2) is 60.1 Å². The largest absolute Gasteiger partial charge is 0.342 e. The van der Waals surface area contributed by atoms with Gasteiger partial charge < -0.3 is 5.32 Å². The number of nitrogens with zero attached hydrogens (tertiary/aromatic N) is 2. The van der Waals surface area contributed by atoms with Gasteiger partial charge in [-0.15, -0.1) is 17.8 Å². The molecule has 0 aliphatic rings. The van der Waals surface area contributed by atoms with Crippen molar-refractivity contribution in [3.8, 4) is 28.6 Å². The van der Waals surface area contributed by atoms with Crippen LogP contribution in [0, 0.1) is 12.3 Å². The van der Waals surface area contributed by atoms with Crippen LogP contribution in [0.1, 0.15) is 5.56 Å². The van der Waals surface area contributed by atoms with Gasteiger partial charge >= 0.3 is 0 Å². The molecule has 1 aromatic carbocycles. The van der Waals surface area contributed by atoms with Crippen LogP contribution in [0.2, 0.25) is 0 Å². The highest BCUT2D eigenvalue weighted by Gasteiger charge is 2.11. The Kier molecular flexibility index (Phi) is 4.90. The topological polar surface area (TPSA) is 46.9 Å². The minimum Gasteiger partial charge on any atom is -0.342 e. The molecule has 0 saturated heterocycles. The number of carbonyl (C=O) groups excluding carboxylic acids is 1. The third-order valence-electron chi connectivity index (χ3n) is 3.30. The standard InChI is InChI=1S/C19H15N3OS/c1-2-12-20-18(23)11-10-15-14-22(16-7-4-3-5-8-16)21-19(15)17-9-6-13-24-17/h1,3-11,13-14H,12H2,(H,20,23)/b11-10+. The fourth-order valence-corrected chi connectivity index (χ4v) is 2.92. The van der Waals surface area contributed by atoms with Gasteiger partial charge in [0.1, 0.15) is 5.69 Å². The summed E-state index contributed by atoms with van der Waals surface area (Å²) < 4.78 is 1.81. The Labute approximate surface area is 144 Å². The highest BCUT2D eigenvalue weighted by Crippen LogP contribution is 2.28. The molecule has 0 aliphatic heterocycles. The van der Waals surface area contributed by atoms with Crippen LogP contribution in [0.4, 0.5) is 0 Å². The van der Waals surface area contributed by atoms with E-state index in [1.165, 1.54) is 6.08 Å². The summed E-state index contributed by atoms with van der Waals surface area (Å²) in [5, 5.41) is 9.29. The van der Waals surface area contributed by atoms with Gasteiger partial charge in [-0.3, -0.25) is 4.79 Å². The summed E-state index contributed by atoms with van der Waals surface area (Å²) in [4.78, 5) is 12.8. The van der Waals surface area contributed by atoms with Crippen LogP contribution < -0.4 is 5.32 Å². The average molecular weight is 333 g/mol. The molecular weight excluding hydrogens is 318 g/mol. The van der Waals surface area contributed by atoms with E-state index in [0.29, 0.717) is 0 Å². The SMILES string of the molecule is C#CCNC(=O)/C=C/c1cn(-c2ccccc2)nc1-c1cccs1. The van der Waals surface area contributed by atoms with Crippen LogP contribution in [-0.2, 0) is 4.79 Å². The van der Waals surface area contributed by atoms with Crippen molar-refractivity contribution in [2.45, 2.75) is 0 Å². The summed E-state index contributed by atoms with van der Waals surface area (Å²) >= 11 is 1.61. The Morgan fingerprint density at radius 2 is 2.12 bits per heavy atom. The molecule has 1 N–H and O–H groups in total. The fraction of sp³-hybridized carbons (Fsp3) is 0.0526. The second-order valence-electron chi connectivity index (χ2n) is 4.95. The molecule has 0 aliphatic carbocycles. The fourth-order valence-electron chi connectivity index (χ4n) is 2.19. The zero-order valence-corrected chi connectivity index (χ0v) is 13.7. The summed E-state index contributed by atoms with van der Waals surface area (Å²) in [6.07, 6.45) is 10.3. The summed E-state index contributed by atoms with van der Waals surface area (Å²) in [5.41, 5.74) is 2.68. The Bertz CT molecular complexity index is 887. The van der Waals surface area contributed by atoms with E-state index in [1.54, 1.807) is 17.4 Å². The molecule has 0 saturated carbocycles. The van der Waals surface area contributed by atoms with Crippen LogP contribution in [0.3, 0.4) is 0 Å². The molecule has 118 valence electrons. The van der Waals surface area contributed by atoms with Gasteiger partial charge in [-0.25, -0.2) is 4.68 Å². The van der Waals surface area contributed by atoms with Gasteiger partial charge in [0.2, 0.25) is 5.91 Å². The summed E-state index contributed by atoms with van der Waals surface area (Å²) in [5.74, 6) is 2.15. The lowest BCUT2D eigenvalue weighted by Crippen LogP contribution is -2.20. The lowest BCUT2D eigenvalue weighted by atomic mass is 10.2. The number of hydrogen-bond acceptors (Lipinski definition) is 3. The number of rotatable bonds is 5. The van der Waals surface area contributed by atoms with E-state index in [0.717, 1.165) is 21.8 Å². The maximum absolute atomic E-state index is 11.7. The number of terminal acetylenes is 1. The molecule has 2 aromatic heterocycles. The van der Waals surface area contributed by atoms with Crippen LogP contribution in [0.25, 0.3) is 22.3 Å². The van der Waals surface area contributed by atoms with E-state index in [4.69, 9.17) is 6.42 Å². The van der Waals surface area contributed by atoms with Gasteiger partial charge in [-0.05, 0) is 29.7 Å². The molecule has 2 heterocycles. The molecule has 0 spiro atoms. The number of nitrogens with one attached hydrogen (secondary N) is 1. The number of amides is 1. The van der Waals surface area contributed by atoms with Crippen molar-refractivity contribution in [3.63, 3.8) is 0 Å². The zero-order chi connectivity index (χ0) is 16.8. The number of hydrogen-bond donors (Lipinski definition) is 1. The molecule has 0 fully saturated rings. The number of aromatic nitrogens is 2. The molecule has 0 atom stereocenters. The molecule has 0 unspecified atom stereocenters. The normalized spacial score (nSPS) is 10.6. The van der Waals surface area contributed by atoms with E-state index in [-0.39, 0.29) is 12.5 Å². The lowest BCUT2D eigenvalue weighted by Gasteiger charge is -1.99. The summed E-state index contributed by atoms with van der Waals surface area (Å²) in [6.45, 7) is 0.213. The van der Waals surface area contributed by atoms with Gasteiger partial charge in [0.25, 0.3) is 0 Å². The third-order valence-corrected chi connectivity index (χ3v) is 4.17. The third kappa shape index (κ3) is 3.62. The highest BCUT2D eigenvalue weighted by molar-refractivity contribution is 7.13. The van der Waals surface area contributed by atoms with Crippen molar-refractivity contribution in [2.24, 2.45) is 0 Å². The molecular formula is C19H15N3OS. The van der Waals surface area contributed by atoms with Gasteiger partial charge in [0, 0.05) is 17.8 Å². The van der Waals surface area contributed by atoms with E-state index >= 15 is 0 Å². The van der Waals surface area contributed by atoms with Crippen molar-refractivity contribution in [3.05, 3.63) is 65.7 Å². The minimum atomic E-state index is -0.224.